The van der Waals surface area contributed by atoms with Crippen LogP contribution < -0.4 is 5.32 Å². The van der Waals surface area contributed by atoms with Crippen molar-refractivity contribution < 1.29 is 14.7 Å². The zero-order valence-electron chi connectivity index (χ0n) is 13.1. The summed E-state index contributed by atoms with van der Waals surface area (Å²) in [7, 11) is 0. The first-order valence-electron chi connectivity index (χ1n) is 7.82. The van der Waals surface area contributed by atoms with Crippen LogP contribution in [0.25, 0.3) is 0 Å². The molecule has 5 nitrogen and oxygen atoms in total. The summed E-state index contributed by atoms with van der Waals surface area (Å²) in [6.45, 7) is 7.09. The lowest BCUT2D eigenvalue weighted by Gasteiger charge is -2.29. The van der Waals surface area contributed by atoms with E-state index in [1.165, 1.54) is 0 Å². The van der Waals surface area contributed by atoms with Crippen molar-refractivity contribution in [2.75, 3.05) is 12.3 Å². The van der Waals surface area contributed by atoms with Crippen LogP contribution in [0, 0.1) is 11.3 Å². The fourth-order valence-electron chi connectivity index (χ4n) is 2.96. The number of thioether (sulfide) groups is 1. The van der Waals surface area contributed by atoms with Crippen LogP contribution in [-0.4, -0.2) is 45.7 Å². The third-order valence-corrected chi connectivity index (χ3v) is 6.21. The number of carboxylic acids is 1. The molecule has 2 aliphatic rings. The van der Waals surface area contributed by atoms with Gasteiger partial charge in [-0.2, -0.15) is 0 Å². The molecule has 1 saturated carbocycles. The largest absolute Gasteiger partial charge is 0.480 e. The van der Waals surface area contributed by atoms with Crippen LogP contribution in [-0.2, 0) is 4.79 Å². The molecule has 1 aliphatic heterocycles. The lowest BCUT2D eigenvalue weighted by atomic mass is 9.92. The molecule has 2 fully saturated rings. The Morgan fingerprint density at radius 1 is 1.43 bits per heavy atom. The first-order valence-corrected chi connectivity index (χ1v) is 8.86. The second-order valence-electron chi connectivity index (χ2n) is 6.51. The van der Waals surface area contributed by atoms with E-state index >= 15 is 0 Å². The van der Waals surface area contributed by atoms with E-state index in [0.29, 0.717) is 18.2 Å². The number of nitrogens with one attached hydrogen (secondary N) is 1. The van der Waals surface area contributed by atoms with E-state index < -0.39 is 12.0 Å². The monoisotopic (exact) mass is 314 g/mol. The van der Waals surface area contributed by atoms with Gasteiger partial charge in [0.05, 0.1) is 5.37 Å². The van der Waals surface area contributed by atoms with Gasteiger partial charge in [-0.3, -0.25) is 4.90 Å². The van der Waals surface area contributed by atoms with Gasteiger partial charge >= 0.3 is 12.0 Å². The Bertz CT molecular complexity index is 410. The van der Waals surface area contributed by atoms with Gasteiger partial charge in [0.2, 0.25) is 0 Å². The summed E-state index contributed by atoms with van der Waals surface area (Å²) >= 11 is 1.58. The lowest BCUT2D eigenvalue weighted by molar-refractivity contribution is -0.141. The van der Waals surface area contributed by atoms with Crippen molar-refractivity contribution in [1.82, 2.24) is 10.2 Å². The van der Waals surface area contributed by atoms with E-state index in [-0.39, 0.29) is 16.8 Å². The van der Waals surface area contributed by atoms with Gasteiger partial charge in [-0.15, -0.1) is 11.8 Å². The zero-order valence-corrected chi connectivity index (χ0v) is 13.9. The van der Waals surface area contributed by atoms with Crippen LogP contribution in [0.15, 0.2) is 0 Å². The molecule has 6 heteroatoms. The van der Waals surface area contributed by atoms with Crippen LogP contribution in [0.3, 0.4) is 0 Å². The maximum absolute atomic E-state index is 12.5. The molecule has 1 saturated heterocycles. The smallest absolute Gasteiger partial charge is 0.327 e. The highest BCUT2D eigenvalue weighted by Gasteiger charge is 2.47. The molecule has 0 bridgehead atoms. The molecular formula is C15H26N2O3S. The van der Waals surface area contributed by atoms with E-state index in [1.54, 1.807) is 16.7 Å². The number of hydrogen-bond donors (Lipinski definition) is 2. The van der Waals surface area contributed by atoms with Crippen LogP contribution in [0.2, 0.25) is 0 Å². The molecule has 0 aromatic carbocycles. The molecule has 2 amide bonds. The van der Waals surface area contributed by atoms with E-state index in [2.05, 4.69) is 26.1 Å². The Kier molecular flexibility index (Phi) is 5.07. The average molecular weight is 314 g/mol. The summed E-state index contributed by atoms with van der Waals surface area (Å²) in [5, 5.41) is 12.3. The van der Waals surface area contributed by atoms with Crippen molar-refractivity contribution in [3.8, 4) is 0 Å². The van der Waals surface area contributed by atoms with E-state index in [0.717, 1.165) is 25.7 Å². The summed E-state index contributed by atoms with van der Waals surface area (Å²) in [4.78, 5) is 25.4. The number of hydrogen-bond acceptors (Lipinski definition) is 3. The Hall–Kier alpha value is -0.910. The lowest BCUT2D eigenvalue weighted by Crippen LogP contribution is -2.51. The van der Waals surface area contributed by atoms with Crippen molar-refractivity contribution >= 4 is 23.8 Å². The van der Waals surface area contributed by atoms with Crippen molar-refractivity contribution in [2.45, 2.75) is 57.9 Å². The molecule has 21 heavy (non-hydrogen) atoms. The molecule has 2 N–H and O–H groups in total. The minimum absolute atomic E-state index is 0.00898. The fraction of sp³-hybridized carbons (Fsp3) is 0.867. The van der Waals surface area contributed by atoms with Crippen LogP contribution in [0.4, 0.5) is 4.79 Å². The normalized spacial score (nSPS) is 27.0. The average Bonchev–Trinajstić information content (AvgIpc) is 3.10. The third kappa shape index (κ3) is 3.47. The van der Waals surface area contributed by atoms with Gasteiger partial charge in [-0.25, -0.2) is 9.59 Å². The first kappa shape index (κ1) is 16.5. The molecular weight excluding hydrogens is 288 g/mol. The quantitative estimate of drug-likeness (QED) is 0.791. The number of nitrogens with zero attached hydrogens (tertiary/aromatic N) is 1. The molecule has 1 heterocycles. The van der Waals surface area contributed by atoms with E-state index in [1.807, 2.05) is 0 Å². The zero-order chi connectivity index (χ0) is 15.6. The van der Waals surface area contributed by atoms with Gasteiger partial charge in [0, 0.05) is 12.3 Å². The summed E-state index contributed by atoms with van der Waals surface area (Å²) in [6.07, 6.45) is 4.10. The fourth-order valence-corrected chi connectivity index (χ4v) is 4.47. The van der Waals surface area contributed by atoms with Crippen LogP contribution in [0.1, 0.15) is 46.5 Å². The summed E-state index contributed by atoms with van der Waals surface area (Å²) < 4.78 is 0. The Morgan fingerprint density at radius 2 is 2.10 bits per heavy atom. The minimum Gasteiger partial charge on any atom is -0.480 e. The summed E-state index contributed by atoms with van der Waals surface area (Å²) in [5.74, 6) is 0.136. The number of aliphatic carboxylic acids is 1. The number of rotatable bonds is 6. The Balaban J connectivity index is 1.98. The van der Waals surface area contributed by atoms with Gasteiger partial charge in [0.15, 0.2) is 0 Å². The summed E-state index contributed by atoms with van der Waals surface area (Å²) in [5.41, 5.74) is 0.238. The third-order valence-electron chi connectivity index (χ3n) is 4.86. The number of carbonyl (C=O) groups is 2. The van der Waals surface area contributed by atoms with Gasteiger partial charge in [0.1, 0.15) is 6.04 Å². The standard InChI is InChI=1S/C15H26N2O3S/c1-4-5-12-17(11(8-21-12)13(18)19)14(20)16-9-15(6-7-15)10(2)3/h10-12H,4-9H2,1-3H3,(H,16,20)(H,18,19). The van der Waals surface area contributed by atoms with Crippen molar-refractivity contribution in [2.24, 2.45) is 11.3 Å². The van der Waals surface area contributed by atoms with Crippen LogP contribution >= 0.6 is 11.8 Å². The maximum Gasteiger partial charge on any atom is 0.327 e. The molecule has 0 radical (unpaired) electrons. The highest BCUT2D eigenvalue weighted by atomic mass is 32.2. The van der Waals surface area contributed by atoms with Gasteiger partial charge in [-0.05, 0) is 30.6 Å². The second kappa shape index (κ2) is 6.46. The van der Waals surface area contributed by atoms with E-state index in [4.69, 9.17) is 0 Å². The molecule has 2 unspecified atom stereocenters. The predicted octanol–water partition coefficient (Wildman–Crippen LogP) is 2.76. The minimum atomic E-state index is -0.902. The van der Waals surface area contributed by atoms with Crippen molar-refractivity contribution in [1.29, 1.82) is 0 Å². The number of carboxylic acid groups (broad SMARTS) is 1. The molecule has 120 valence electrons. The predicted molar refractivity (Wildman–Crippen MR) is 84.3 cm³/mol. The number of carbonyl (C=O) groups excluding carboxylic acids is 1. The Morgan fingerprint density at radius 3 is 2.57 bits per heavy atom. The molecule has 0 aromatic rings. The first-order chi connectivity index (χ1) is 9.91. The molecule has 0 aromatic heterocycles. The molecule has 2 rings (SSSR count). The van der Waals surface area contributed by atoms with Crippen molar-refractivity contribution in [3.63, 3.8) is 0 Å². The van der Waals surface area contributed by atoms with E-state index in [9.17, 15) is 14.7 Å². The molecule has 0 spiro atoms. The highest BCUT2D eigenvalue weighted by molar-refractivity contribution is 8.00. The number of amides is 2. The number of urea groups is 1. The highest BCUT2D eigenvalue weighted by Crippen LogP contribution is 2.51. The summed E-state index contributed by atoms with van der Waals surface area (Å²) in [6, 6.07) is -0.904. The second-order valence-corrected chi connectivity index (χ2v) is 7.72. The molecule has 1 aliphatic carbocycles. The topological polar surface area (TPSA) is 69.6 Å². The maximum atomic E-state index is 12.5. The van der Waals surface area contributed by atoms with Gasteiger partial charge in [-0.1, -0.05) is 27.2 Å². The van der Waals surface area contributed by atoms with Crippen molar-refractivity contribution in [3.05, 3.63) is 0 Å². The van der Waals surface area contributed by atoms with Gasteiger partial charge < -0.3 is 10.4 Å². The Labute approximate surface area is 130 Å². The van der Waals surface area contributed by atoms with Gasteiger partial charge in [0.25, 0.3) is 0 Å². The molecule has 2 atom stereocenters. The SMILES string of the molecule is CCCC1SCC(C(=O)O)N1C(=O)NCC1(C(C)C)CC1. The van der Waals surface area contributed by atoms with Crippen LogP contribution in [0.5, 0.6) is 0 Å².